The van der Waals surface area contributed by atoms with Crippen LogP contribution < -0.4 is 15.2 Å². The van der Waals surface area contributed by atoms with Crippen LogP contribution in [0, 0.1) is 0 Å². The molecule has 0 aliphatic carbocycles. The van der Waals surface area contributed by atoms with Crippen molar-refractivity contribution in [3.05, 3.63) is 17.5 Å². The van der Waals surface area contributed by atoms with Crippen LogP contribution in [0.2, 0.25) is 0 Å². The van der Waals surface area contributed by atoms with Gasteiger partial charge < -0.3 is 19.9 Å². The number of aromatic nitrogens is 1. The van der Waals surface area contributed by atoms with Gasteiger partial charge in [0.05, 0.1) is 32.0 Å². The van der Waals surface area contributed by atoms with Crippen LogP contribution >= 0.6 is 0 Å². The standard InChI is InChI=1S/C11H13F3N2O4/c1-18-9(17)4-7-10(19-2)8(20-11(12,13)14)3-6(5-15)16-7/h3H,4-5,15H2,1-2H3. The van der Waals surface area contributed by atoms with Gasteiger partial charge in [0.25, 0.3) is 0 Å². The summed E-state index contributed by atoms with van der Waals surface area (Å²) in [5.74, 6) is -1.57. The summed E-state index contributed by atoms with van der Waals surface area (Å²) in [6.07, 6.45) is -5.26. The molecule has 1 aromatic heterocycles. The van der Waals surface area contributed by atoms with E-state index in [1.54, 1.807) is 0 Å². The summed E-state index contributed by atoms with van der Waals surface area (Å²) < 4.78 is 50.1. The Morgan fingerprint density at radius 1 is 1.40 bits per heavy atom. The molecule has 0 radical (unpaired) electrons. The Balaban J connectivity index is 3.27. The van der Waals surface area contributed by atoms with E-state index in [0.29, 0.717) is 0 Å². The van der Waals surface area contributed by atoms with Gasteiger partial charge in [-0.05, 0) is 0 Å². The molecule has 1 aromatic rings. The smallest absolute Gasteiger partial charge is 0.491 e. The summed E-state index contributed by atoms with van der Waals surface area (Å²) in [5.41, 5.74) is 5.44. The van der Waals surface area contributed by atoms with Crippen molar-refractivity contribution in [2.24, 2.45) is 5.73 Å². The molecule has 0 fully saturated rings. The van der Waals surface area contributed by atoms with E-state index in [4.69, 9.17) is 10.5 Å². The van der Waals surface area contributed by atoms with E-state index in [0.717, 1.165) is 20.3 Å². The third kappa shape index (κ3) is 4.26. The molecule has 0 saturated carbocycles. The summed E-state index contributed by atoms with van der Waals surface area (Å²) in [6, 6.07) is 1.01. The second kappa shape index (κ2) is 6.42. The number of methoxy groups -OCH3 is 2. The number of carbonyl (C=O) groups is 1. The zero-order valence-electron chi connectivity index (χ0n) is 10.8. The maximum absolute atomic E-state index is 12.3. The molecule has 0 spiro atoms. The van der Waals surface area contributed by atoms with Gasteiger partial charge in [0, 0.05) is 12.6 Å². The molecule has 0 amide bonds. The van der Waals surface area contributed by atoms with Gasteiger partial charge >= 0.3 is 12.3 Å². The zero-order chi connectivity index (χ0) is 15.3. The minimum absolute atomic E-state index is 0.0402. The maximum atomic E-state index is 12.3. The number of nitrogens with zero attached hydrogens (tertiary/aromatic N) is 1. The van der Waals surface area contributed by atoms with Crippen LogP contribution in [0.15, 0.2) is 6.07 Å². The summed E-state index contributed by atoms with van der Waals surface area (Å²) in [6.45, 7) is -0.119. The van der Waals surface area contributed by atoms with E-state index < -0.39 is 18.1 Å². The number of nitrogens with two attached hydrogens (primary N) is 1. The van der Waals surface area contributed by atoms with Crippen molar-refractivity contribution in [2.45, 2.75) is 19.3 Å². The lowest BCUT2D eigenvalue weighted by molar-refractivity contribution is -0.275. The molecule has 9 heteroatoms. The molecule has 0 unspecified atom stereocenters. The Morgan fingerprint density at radius 2 is 2.05 bits per heavy atom. The van der Waals surface area contributed by atoms with Gasteiger partial charge in [-0.1, -0.05) is 0 Å². The lowest BCUT2D eigenvalue weighted by atomic mass is 10.2. The predicted molar refractivity (Wildman–Crippen MR) is 61.1 cm³/mol. The third-order valence-corrected chi connectivity index (χ3v) is 2.24. The van der Waals surface area contributed by atoms with Gasteiger partial charge in [-0.2, -0.15) is 0 Å². The molecular formula is C11H13F3N2O4. The van der Waals surface area contributed by atoms with Gasteiger partial charge in [-0.15, -0.1) is 13.2 Å². The Morgan fingerprint density at radius 3 is 2.50 bits per heavy atom. The molecule has 6 nitrogen and oxygen atoms in total. The molecule has 1 rings (SSSR count). The summed E-state index contributed by atoms with van der Waals surface area (Å²) in [5, 5.41) is 0. The number of carbonyl (C=O) groups excluding carboxylic acids is 1. The van der Waals surface area contributed by atoms with Crippen LogP contribution in [-0.2, 0) is 22.5 Å². The Labute approximate surface area is 112 Å². The number of hydrogen-bond donors (Lipinski definition) is 1. The van der Waals surface area contributed by atoms with E-state index in [9.17, 15) is 18.0 Å². The van der Waals surface area contributed by atoms with E-state index in [1.807, 2.05) is 0 Å². The molecule has 20 heavy (non-hydrogen) atoms. The third-order valence-electron chi connectivity index (χ3n) is 2.24. The van der Waals surface area contributed by atoms with Gasteiger partial charge in [-0.3, -0.25) is 9.78 Å². The second-order valence-electron chi connectivity index (χ2n) is 3.60. The van der Waals surface area contributed by atoms with E-state index >= 15 is 0 Å². The number of halogens is 3. The van der Waals surface area contributed by atoms with Crippen LogP contribution in [0.5, 0.6) is 11.5 Å². The number of alkyl halides is 3. The van der Waals surface area contributed by atoms with Crippen molar-refractivity contribution in [3.8, 4) is 11.5 Å². The second-order valence-corrected chi connectivity index (χ2v) is 3.60. The highest BCUT2D eigenvalue weighted by molar-refractivity contribution is 5.73. The number of rotatable bonds is 5. The highest BCUT2D eigenvalue weighted by Crippen LogP contribution is 2.35. The highest BCUT2D eigenvalue weighted by atomic mass is 19.4. The zero-order valence-corrected chi connectivity index (χ0v) is 10.8. The predicted octanol–water partition coefficient (Wildman–Crippen LogP) is 1.16. The van der Waals surface area contributed by atoms with Gasteiger partial charge in [0.1, 0.15) is 0 Å². The molecule has 0 bridgehead atoms. The first kappa shape index (κ1) is 16.0. The molecule has 0 aliphatic rings. The topological polar surface area (TPSA) is 83.7 Å². The SMILES string of the molecule is COC(=O)Cc1nc(CN)cc(OC(F)(F)F)c1OC. The molecule has 112 valence electrons. The molecule has 0 saturated heterocycles. The van der Waals surface area contributed by atoms with Crippen molar-refractivity contribution >= 4 is 5.97 Å². The first-order chi connectivity index (χ1) is 9.30. The largest absolute Gasteiger partial charge is 0.573 e. The van der Waals surface area contributed by atoms with Crippen LogP contribution in [-0.4, -0.2) is 31.5 Å². The Hall–Kier alpha value is -2.03. The van der Waals surface area contributed by atoms with Crippen LogP contribution in [0.1, 0.15) is 11.4 Å². The normalized spacial score (nSPS) is 11.1. The van der Waals surface area contributed by atoms with E-state index in [-0.39, 0.29) is 30.1 Å². The van der Waals surface area contributed by atoms with Crippen LogP contribution in [0.25, 0.3) is 0 Å². The number of hydrogen-bond acceptors (Lipinski definition) is 6. The van der Waals surface area contributed by atoms with Crippen molar-refractivity contribution in [1.82, 2.24) is 4.98 Å². The molecule has 0 aromatic carbocycles. The fourth-order valence-electron chi connectivity index (χ4n) is 1.47. The number of esters is 1. The van der Waals surface area contributed by atoms with E-state index in [2.05, 4.69) is 14.5 Å². The number of ether oxygens (including phenoxy) is 3. The van der Waals surface area contributed by atoms with Crippen molar-refractivity contribution in [1.29, 1.82) is 0 Å². The van der Waals surface area contributed by atoms with Gasteiger partial charge in [0.15, 0.2) is 11.5 Å². The molecular weight excluding hydrogens is 281 g/mol. The van der Waals surface area contributed by atoms with Crippen LogP contribution in [0.4, 0.5) is 13.2 Å². The molecule has 0 atom stereocenters. The lowest BCUT2D eigenvalue weighted by Crippen LogP contribution is -2.19. The Bertz CT molecular complexity index is 491. The minimum atomic E-state index is -4.90. The van der Waals surface area contributed by atoms with Gasteiger partial charge in [0.2, 0.25) is 0 Å². The maximum Gasteiger partial charge on any atom is 0.573 e. The lowest BCUT2D eigenvalue weighted by Gasteiger charge is -2.16. The van der Waals surface area contributed by atoms with Gasteiger partial charge in [-0.25, -0.2) is 0 Å². The minimum Gasteiger partial charge on any atom is -0.491 e. The van der Waals surface area contributed by atoms with Crippen molar-refractivity contribution < 1.29 is 32.2 Å². The monoisotopic (exact) mass is 294 g/mol. The highest BCUT2D eigenvalue weighted by Gasteiger charge is 2.33. The quantitative estimate of drug-likeness (QED) is 0.820. The molecule has 0 aliphatic heterocycles. The Kier molecular flexibility index (Phi) is 5.14. The first-order valence-electron chi connectivity index (χ1n) is 5.40. The summed E-state index contributed by atoms with van der Waals surface area (Å²) in [7, 11) is 2.29. The fourth-order valence-corrected chi connectivity index (χ4v) is 1.47. The van der Waals surface area contributed by atoms with Crippen LogP contribution in [0.3, 0.4) is 0 Å². The average Bonchev–Trinajstić information content (AvgIpc) is 2.36. The van der Waals surface area contributed by atoms with E-state index in [1.165, 1.54) is 0 Å². The van der Waals surface area contributed by atoms with Crippen molar-refractivity contribution in [2.75, 3.05) is 14.2 Å². The number of pyridine rings is 1. The fraction of sp³-hybridized carbons (Fsp3) is 0.455. The summed E-state index contributed by atoms with van der Waals surface area (Å²) >= 11 is 0. The average molecular weight is 294 g/mol. The van der Waals surface area contributed by atoms with Crippen molar-refractivity contribution in [3.63, 3.8) is 0 Å². The molecule has 2 N–H and O–H groups in total. The summed E-state index contributed by atoms with van der Waals surface area (Å²) in [4.78, 5) is 15.2. The first-order valence-corrected chi connectivity index (χ1v) is 5.40. The molecule has 1 heterocycles.